The number of rotatable bonds is 4. The number of amides is 1. The van der Waals surface area contributed by atoms with E-state index in [1.54, 1.807) is 31.4 Å². The number of methoxy groups -OCH3 is 1. The minimum absolute atomic E-state index is 0.0139. The smallest absolute Gasteiger partial charge is 0.234 e. The number of carbonyl (C=O) groups is 2. The molecule has 5 heteroatoms. The van der Waals surface area contributed by atoms with Gasteiger partial charge < -0.3 is 10.1 Å². The van der Waals surface area contributed by atoms with Crippen molar-refractivity contribution in [2.75, 3.05) is 33.3 Å². The van der Waals surface area contributed by atoms with Crippen molar-refractivity contribution in [3.05, 3.63) is 29.8 Å². The van der Waals surface area contributed by atoms with Gasteiger partial charge in [0.25, 0.3) is 0 Å². The molecule has 0 aliphatic carbocycles. The van der Waals surface area contributed by atoms with Crippen molar-refractivity contribution in [3.63, 3.8) is 0 Å². The standard InChI is InChI=1S/C14H18N2O3/c1-19-12-5-3-11(4-6-12)13(17)9-16-8-2-7-15-14(18)10-16/h3-6H,2,7-10H2,1H3,(H,15,18). The van der Waals surface area contributed by atoms with Gasteiger partial charge in [-0.1, -0.05) is 0 Å². The van der Waals surface area contributed by atoms with Crippen LogP contribution in [0.2, 0.25) is 0 Å². The number of hydrogen-bond donors (Lipinski definition) is 1. The molecule has 0 spiro atoms. The zero-order valence-corrected chi connectivity index (χ0v) is 11.0. The first-order valence-corrected chi connectivity index (χ1v) is 6.35. The van der Waals surface area contributed by atoms with Gasteiger partial charge in [-0.05, 0) is 30.7 Å². The Hall–Kier alpha value is -1.88. The van der Waals surface area contributed by atoms with Crippen LogP contribution in [0.15, 0.2) is 24.3 Å². The quantitative estimate of drug-likeness (QED) is 0.812. The molecule has 0 atom stereocenters. The predicted molar refractivity (Wildman–Crippen MR) is 71.4 cm³/mol. The van der Waals surface area contributed by atoms with Crippen molar-refractivity contribution >= 4 is 11.7 Å². The van der Waals surface area contributed by atoms with E-state index in [4.69, 9.17) is 4.74 Å². The summed E-state index contributed by atoms with van der Waals surface area (Å²) in [6, 6.07) is 7.03. The van der Waals surface area contributed by atoms with E-state index >= 15 is 0 Å². The number of ketones is 1. The third kappa shape index (κ3) is 3.79. The summed E-state index contributed by atoms with van der Waals surface area (Å²) in [4.78, 5) is 25.4. The topological polar surface area (TPSA) is 58.6 Å². The second kappa shape index (κ2) is 6.33. The first-order valence-electron chi connectivity index (χ1n) is 6.35. The van der Waals surface area contributed by atoms with Crippen molar-refractivity contribution in [1.82, 2.24) is 10.2 Å². The van der Waals surface area contributed by atoms with E-state index in [1.165, 1.54) is 0 Å². The number of nitrogens with one attached hydrogen (secondary N) is 1. The van der Waals surface area contributed by atoms with E-state index in [0.717, 1.165) is 18.7 Å². The Labute approximate surface area is 112 Å². The first-order chi connectivity index (χ1) is 9.19. The lowest BCUT2D eigenvalue weighted by Gasteiger charge is -2.17. The minimum atomic E-state index is -0.0139. The van der Waals surface area contributed by atoms with E-state index in [1.807, 2.05) is 4.90 Å². The van der Waals surface area contributed by atoms with Gasteiger partial charge in [-0.3, -0.25) is 14.5 Å². The first kappa shape index (κ1) is 13.5. The number of ether oxygens (including phenoxy) is 1. The average molecular weight is 262 g/mol. The third-order valence-electron chi connectivity index (χ3n) is 3.12. The van der Waals surface area contributed by atoms with E-state index < -0.39 is 0 Å². The van der Waals surface area contributed by atoms with Crippen molar-refractivity contribution in [1.29, 1.82) is 0 Å². The molecular weight excluding hydrogens is 244 g/mol. The lowest BCUT2D eigenvalue weighted by Crippen LogP contribution is -2.36. The second-order valence-electron chi connectivity index (χ2n) is 4.57. The van der Waals surface area contributed by atoms with Crippen LogP contribution in [0, 0.1) is 0 Å². The number of benzene rings is 1. The van der Waals surface area contributed by atoms with Crippen LogP contribution >= 0.6 is 0 Å². The fourth-order valence-corrected chi connectivity index (χ4v) is 2.07. The largest absolute Gasteiger partial charge is 0.497 e. The van der Waals surface area contributed by atoms with Crippen LogP contribution in [0.4, 0.5) is 0 Å². The third-order valence-corrected chi connectivity index (χ3v) is 3.12. The summed E-state index contributed by atoms with van der Waals surface area (Å²) in [6.07, 6.45) is 0.877. The fourth-order valence-electron chi connectivity index (χ4n) is 2.07. The SMILES string of the molecule is COc1ccc(C(=O)CN2CCCNC(=O)C2)cc1. The highest BCUT2D eigenvalue weighted by Crippen LogP contribution is 2.12. The molecule has 1 N–H and O–H groups in total. The van der Waals surface area contributed by atoms with Crippen molar-refractivity contribution in [3.8, 4) is 5.75 Å². The predicted octanol–water partition coefficient (Wildman–Crippen LogP) is 0.700. The summed E-state index contributed by atoms with van der Waals surface area (Å²) in [5.41, 5.74) is 0.644. The van der Waals surface area contributed by atoms with Crippen molar-refractivity contribution in [2.24, 2.45) is 0 Å². The van der Waals surface area contributed by atoms with Crippen LogP contribution in [0.3, 0.4) is 0 Å². The summed E-state index contributed by atoms with van der Waals surface area (Å²) in [5.74, 6) is 0.739. The van der Waals surface area contributed by atoms with E-state index in [2.05, 4.69) is 5.32 Å². The summed E-state index contributed by atoms with van der Waals surface area (Å²) in [7, 11) is 1.59. The second-order valence-corrected chi connectivity index (χ2v) is 4.57. The van der Waals surface area contributed by atoms with Gasteiger partial charge in [-0.2, -0.15) is 0 Å². The van der Waals surface area contributed by atoms with E-state index in [0.29, 0.717) is 18.7 Å². The normalized spacial score (nSPS) is 16.6. The Kier molecular flexibility index (Phi) is 4.52. The molecule has 0 bridgehead atoms. The molecule has 19 heavy (non-hydrogen) atoms. The Balaban J connectivity index is 1.97. The molecule has 0 aromatic heterocycles. The molecule has 102 valence electrons. The molecule has 1 saturated heterocycles. The van der Waals surface area contributed by atoms with Crippen LogP contribution < -0.4 is 10.1 Å². The van der Waals surface area contributed by atoms with Gasteiger partial charge in [0.15, 0.2) is 5.78 Å². The number of nitrogens with zero attached hydrogens (tertiary/aromatic N) is 1. The molecule has 1 aliphatic heterocycles. The molecule has 5 nitrogen and oxygen atoms in total. The van der Waals surface area contributed by atoms with Gasteiger partial charge in [0.1, 0.15) is 5.75 Å². The van der Waals surface area contributed by atoms with Crippen molar-refractivity contribution in [2.45, 2.75) is 6.42 Å². The summed E-state index contributed by atoms with van der Waals surface area (Å²) < 4.78 is 5.05. The molecule has 1 amide bonds. The molecular formula is C14H18N2O3. The zero-order chi connectivity index (χ0) is 13.7. The summed E-state index contributed by atoms with van der Waals surface area (Å²) in [5, 5.41) is 2.79. The average Bonchev–Trinajstić information content (AvgIpc) is 2.63. The number of hydrogen-bond acceptors (Lipinski definition) is 4. The highest BCUT2D eigenvalue weighted by Gasteiger charge is 2.17. The van der Waals surface area contributed by atoms with E-state index in [9.17, 15) is 9.59 Å². The molecule has 0 saturated carbocycles. The van der Waals surface area contributed by atoms with Gasteiger partial charge in [0, 0.05) is 18.7 Å². The molecule has 1 fully saturated rings. The minimum Gasteiger partial charge on any atom is -0.497 e. The fraction of sp³-hybridized carbons (Fsp3) is 0.429. The Morgan fingerprint density at radius 2 is 2.11 bits per heavy atom. The Morgan fingerprint density at radius 1 is 1.37 bits per heavy atom. The highest BCUT2D eigenvalue weighted by molar-refractivity contribution is 5.98. The number of carbonyl (C=O) groups excluding carboxylic acids is 2. The van der Waals surface area contributed by atoms with E-state index in [-0.39, 0.29) is 18.2 Å². The molecule has 1 aromatic carbocycles. The molecule has 1 heterocycles. The zero-order valence-electron chi connectivity index (χ0n) is 11.0. The van der Waals surface area contributed by atoms with Gasteiger partial charge >= 0.3 is 0 Å². The Bertz CT molecular complexity index is 456. The molecule has 0 radical (unpaired) electrons. The maximum atomic E-state index is 12.1. The van der Waals surface area contributed by atoms with Crippen LogP contribution in [-0.4, -0.2) is 49.9 Å². The van der Waals surface area contributed by atoms with Gasteiger partial charge in [-0.25, -0.2) is 0 Å². The van der Waals surface area contributed by atoms with Crippen LogP contribution in [0.5, 0.6) is 5.75 Å². The molecule has 2 rings (SSSR count). The van der Waals surface area contributed by atoms with Gasteiger partial charge in [0.2, 0.25) is 5.91 Å². The van der Waals surface area contributed by atoms with Gasteiger partial charge in [-0.15, -0.1) is 0 Å². The molecule has 0 unspecified atom stereocenters. The number of Topliss-reactive ketones (excluding diaryl/α,β-unsaturated/α-hetero) is 1. The summed E-state index contributed by atoms with van der Waals surface area (Å²) in [6.45, 7) is 2.02. The maximum absolute atomic E-state index is 12.1. The lowest BCUT2D eigenvalue weighted by molar-refractivity contribution is -0.121. The van der Waals surface area contributed by atoms with Crippen LogP contribution in [0.1, 0.15) is 16.8 Å². The van der Waals surface area contributed by atoms with Crippen LogP contribution in [-0.2, 0) is 4.79 Å². The highest BCUT2D eigenvalue weighted by atomic mass is 16.5. The monoisotopic (exact) mass is 262 g/mol. The summed E-state index contributed by atoms with van der Waals surface area (Å²) >= 11 is 0. The molecule has 1 aliphatic rings. The Morgan fingerprint density at radius 3 is 2.79 bits per heavy atom. The van der Waals surface area contributed by atoms with Crippen LogP contribution in [0.25, 0.3) is 0 Å². The van der Waals surface area contributed by atoms with Crippen molar-refractivity contribution < 1.29 is 14.3 Å². The maximum Gasteiger partial charge on any atom is 0.234 e. The molecule has 1 aromatic rings. The lowest BCUT2D eigenvalue weighted by atomic mass is 10.1. The van der Waals surface area contributed by atoms with Gasteiger partial charge in [0.05, 0.1) is 20.2 Å².